The highest BCUT2D eigenvalue weighted by Gasteiger charge is 2.40. The molecule has 0 saturated carbocycles. The molecule has 0 radical (unpaired) electrons. The number of halogens is 7. The molecule has 16 heteroatoms. The Morgan fingerprint density at radius 3 is 2.17 bits per heavy atom. The van der Waals surface area contributed by atoms with Gasteiger partial charge in [0, 0.05) is 51.3 Å². The van der Waals surface area contributed by atoms with Crippen molar-refractivity contribution in [1.82, 2.24) is 19.9 Å². The van der Waals surface area contributed by atoms with Gasteiger partial charge in [-0.1, -0.05) is 25.1 Å². The number of ether oxygens (including phenoxy) is 1. The fourth-order valence-corrected chi connectivity index (χ4v) is 7.30. The first-order valence-corrected chi connectivity index (χ1v) is 17.9. The van der Waals surface area contributed by atoms with Gasteiger partial charge in [-0.3, -0.25) is 0 Å². The summed E-state index contributed by atoms with van der Waals surface area (Å²) in [4.78, 5) is 36.6. The van der Waals surface area contributed by atoms with Crippen molar-refractivity contribution >= 4 is 46.0 Å². The van der Waals surface area contributed by atoms with Crippen LogP contribution in [0.3, 0.4) is 0 Å². The van der Waals surface area contributed by atoms with Crippen molar-refractivity contribution < 1.29 is 35.9 Å². The summed E-state index contributed by atoms with van der Waals surface area (Å²) in [5.41, 5.74) is -1.74. The van der Waals surface area contributed by atoms with Crippen LogP contribution in [0.5, 0.6) is 0 Å². The van der Waals surface area contributed by atoms with Crippen LogP contribution < -0.4 is 14.7 Å². The molecule has 0 aliphatic carbocycles. The summed E-state index contributed by atoms with van der Waals surface area (Å²) in [6.07, 6.45) is -2.84. The lowest BCUT2D eigenvalue weighted by molar-refractivity contribution is -0.143. The molecule has 2 atom stereocenters. The van der Waals surface area contributed by atoms with Crippen molar-refractivity contribution in [2.45, 2.75) is 76.6 Å². The molecule has 0 N–H and O–H groups in total. The van der Waals surface area contributed by atoms with Gasteiger partial charge in [0.15, 0.2) is 0 Å². The Hall–Kier alpha value is -4.22. The first-order valence-electron chi connectivity index (χ1n) is 16.8. The lowest BCUT2D eigenvalue weighted by atomic mass is 10.0. The van der Waals surface area contributed by atoms with Gasteiger partial charge in [-0.15, -0.1) is 0 Å². The third-order valence-corrected chi connectivity index (χ3v) is 10.2. The number of piperidine rings is 1. The van der Waals surface area contributed by atoms with Gasteiger partial charge in [-0.25, -0.2) is 24.7 Å². The molecule has 2 fully saturated rings. The summed E-state index contributed by atoms with van der Waals surface area (Å²) in [5, 5.41) is 0. The number of carbonyl (C=O) groups is 1. The number of aryl methyl sites for hydroxylation is 1. The molecule has 2 aliphatic rings. The van der Waals surface area contributed by atoms with Gasteiger partial charge in [0.2, 0.25) is 5.95 Å². The highest BCUT2D eigenvalue weighted by atomic mass is 127. The van der Waals surface area contributed by atoms with Crippen molar-refractivity contribution in [3.8, 4) is 0 Å². The molecule has 2 aromatic heterocycles. The van der Waals surface area contributed by atoms with Crippen LogP contribution in [-0.2, 0) is 23.6 Å². The molecule has 2 saturated heterocycles. The van der Waals surface area contributed by atoms with Gasteiger partial charge in [0.1, 0.15) is 17.7 Å². The van der Waals surface area contributed by atoms with Crippen molar-refractivity contribution in [3.05, 3.63) is 98.8 Å². The summed E-state index contributed by atoms with van der Waals surface area (Å²) < 4.78 is 89.5. The predicted molar refractivity (Wildman–Crippen MR) is 191 cm³/mol. The summed E-state index contributed by atoms with van der Waals surface area (Å²) in [6, 6.07) is 10.0. The Balaban J connectivity index is 1.26. The fourth-order valence-electron chi connectivity index (χ4n) is 6.73. The second-order valence-corrected chi connectivity index (χ2v) is 14.1. The zero-order chi connectivity index (χ0) is 37.2. The van der Waals surface area contributed by atoms with E-state index in [2.05, 4.69) is 47.4 Å². The molecule has 2 aromatic carbocycles. The maximum Gasteiger partial charge on any atom is 0.416 e. The molecule has 4 heterocycles. The number of esters is 1. The number of hydrogen-bond donors (Lipinski definition) is 0. The molecule has 0 bridgehead atoms. The SMILES string of the molecule is CC[C@@H]1C[C@H](N(Cc2cc(C(F)(F)F)cc(C(F)(F)F)c2)c2ncc(N3CCC(OC(=O)c4ccccc4)CC3)cn2)CN1c1nc(C)ncc1I. The number of alkyl halides is 6. The summed E-state index contributed by atoms with van der Waals surface area (Å²) in [5.74, 6) is 1.09. The Bertz CT molecular complexity index is 1820. The predicted octanol–water partition coefficient (Wildman–Crippen LogP) is 8.11. The van der Waals surface area contributed by atoms with E-state index in [1.807, 2.05) is 17.9 Å². The molecule has 0 amide bonds. The fraction of sp³-hybridized carbons (Fsp3) is 0.417. The van der Waals surface area contributed by atoms with Gasteiger partial charge in [0.25, 0.3) is 0 Å². The van der Waals surface area contributed by atoms with Crippen molar-refractivity contribution in [1.29, 1.82) is 0 Å². The number of benzene rings is 2. The average molecular weight is 840 g/mol. The van der Waals surface area contributed by atoms with Gasteiger partial charge in [0.05, 0.1) is 44.4 Å². The molecule has 9 nitrogen and oxygen atoms in total. The van der Waals surface area contributed by atoms with Crippen LogP contribution in [-0.4, -0.2) is 63.7 Å². The topological polar surface area (TPSA) is 87.6 Å². The van der Waals surface area contributed by atoms with Crippen molar-refractivity contribution in [2.75, 3.05) is 34.3 Å². The van der Waals surface area contributed by atoms with E-state index in [1.54, 1.807) is 54.7 Å². The number of carbonyl (C=O) groups excluding carboxylic acids is 1. The summed E-state index contributed by atoms with van der Waals surface area (Å²) in [6.45, 7) is 5.02. The molecule has 2 aliphatic heterocycles. The second-order valence-electron chi connectivity index (χ2n) is 12.9. The first-order chi connectivity index (χ1) is 24.7. The Morgan fingerprint density at radius 2 is 1.58 bits per heavy atom. The minimum absolute atomic E-state index is 0.0147. The van der Waals surface area contributed by atoms with E-state index in [4.69, 9.17) is 4.74 Å². The number of hydrogen-bond acceptors (Lipinski definition) is 9. The van der Waals surface area contributed by atoms with Crippen LogP contribution in [0, 0.1) is 10.5 Å². The zero-order valence-corrected chi connectivity index (χ0v) is 30.5. The monoisotopic (exact) mass is 839 g/mol. The largest absolute Gasteiger partial charge is 0.459 e. The van der Waals surface area contributed by atoms with Gasteiger partial charge >= 0.3 is 18.3 Å². The van der Waals surface area contributed by atoms with E-state index in [-0.39, 0.29) is 48.3 Å². The van der Waals surface area contributed by atoms with E-state index in [1.165, 1.54) is 0 Å². The molecule has 6 rings (SSSR count). The number of aromatic nitrogens is 4. The van der Waals surface area contributed by atoms with Crippen molar-refractivity contribution in [2.24, 2.45) is 0 Å². The summed E-state index contributed by atoms with van der Waals surface area (Å²) >= 11 is 2.16. The minimum atomic E-state index is -4.98. The van der Waals surface area contributed by atoms with Crippen LogP contribution >= 0.6 is 22.6 Å². The Morgan fingerprint density at radius 1 is 0.942 bits per heavy atom. The molecular weight excluding hydrogens is 803 g/mol. The first kappa shape index (κ1) is 37.5. The second kappa shape index (κ2) is 15.4. The van der Waals surface area contributed by atoms with Gasteiger partial charge < -0.3 is 19.4 Å². The zero-order valence-electron chi connectivity index (χ0n) is 28.3. The normalized spacial score (nSPS) is 18.5. The minimum Gasteiger partial charge on any atom is -0.459 e. The van der Waals surface area contributed by atoms with Gasteiger partial charge in [-0.2, -0.15) is 26.3 Å². The quantitative estimate of drug-likeness (QED) is 0.0943. The highest BCUT2D eigenvalue weighted by Crippen LogP contribution is 2.38. The van der Waals surface area contributed by atoms with E-state index in [0.29, 0.717) is 56.0 Å². The molecule has 4 aromatic rings. The van der Waals surface area contributed by atoms with Crippen LogP contribution in [0.1, 0.15) is 65.5 Å². The smallest absolute Gasteiger partial charge is 0.416 e. The maximum atomic E-state index is 13.8. The average Bonchev–Trinajstić information content (AvgIpc) is 3.55. The van der Waals surface area contributed by atoms with Gasteiger partial charge in [-0.05, 0) is 78.3 Å². The molecule has 0 unspecified atom stereocenters. The standard InChI is InChI=1S/C36H36F6IN7O2/c1-3-27-16-28(21-49(27)32-31(43)19-44-22(2)47-32)50(20-23-13-25(35(37,38)39)15-26(14-23)36(40,41)42)34-45-17-29(18-46-34)48-11-9-30(10-12-48)52-33(51)24-7-5-4-6-8-24/h4-8,13-15,17-19,27-28,30H,3,9-12,16,20-21H2,1-2H3/t27-,28+/m1/s1. The number of nitrogens with zero attached hydrogens (tertiary/aromatic N) is 7. The highest BCUT2D eigenvalue weighted by molar-refractivity contribution is 14.1. The van der Waals surface area contributed by atoms with Crippen LogP contribution in [0.15, 0.2) is 67.1 Å². The van der Waals surface area contributed by atoms with Crippen LogP contribution in [0.4, 0.5) is 43.8 Å². The lowest BCUT2D eigenvalue weighted by Gasteiger charge is -2.33. The summed E-state index contributed by atoms with van der Waals surface area (Å²) in [7, 11) is 0. The maximum absolute atomic E-state index is 13.8. The third-order valence-electron chi connectivity index (χ3n) is 9.39. The van der Waals surface area contributed by atoms with Crippen molar-refractivity contribution in [3.63, 3.8) is 0 Å². The molecule has 276 valence electrons. The van der Waals surface area contributed by atoms with Crippen LogP contribution in [0.25, 0.3) is 0 Å². The van der Waals surface area contributed by atoms with E-state index >= 15 is 0 Å². The van der Waals surface area contributed by atoms with E-state index < -0.39 is 23.5 Å². The molecule has 52 heavy (non-hydrogen) atoms. The Kier molecular flexibility index (Phi) is 11.1. The molecular formula is C36H36F6IN7O2. The molecule has 0 spiro atoms. The third kappa shape index (κ3) is 8.69. The van der Waals surface area contributed by atoms with E-state index in [0.717, 1.165) is 27.9 Å². The van der Waals surface area contributed by atoms with E-state index in [9.17, 15) is 31.1 Å². The Labute approximate surface area is 310 Å². The lowest BCUT2D eigenvalue weighted by Crippen LogP contribution is -2.39. The number of anilines is 3. The number of rotatable bonds is 9. The van der Waals surface area contributed by atoms with Crippen LogP contribution in [0.2, 0.25) is 0 Å².